The summed E-state index contributed by atoms with van der Waals surface area (Å²) in [4.78, 5) is 5.20. The third-order valence-corrected chi connectivity index (χ3v) is 4.35. The summed E-state index contributed by atoms with van der Waals surface area (Å²) < 4.78 is 5.80. The minimum Gasteiger partial charge on any atom is -0.389 e. The van der Waals surface area contributed by atoms with E-state index in [1.54, 1.807) is 11.3 Å². The van der Waals surface area contributed by atoms with Gasteiger partial charge in [-0.3, -0.25) is 4.98 Å². The fourth-order valence-electron chi connectivity index (χ4n) is 2.53. The maximum atomic E-state index is 9.87. The van der Waals surface area contributed by atoms with Gasteiger partial charge in [0, 0.05) is 24.2 Å². The predicted molar refractivity (Wildman–Crippen MR) is 77.2 cm³/mol. The molecule has 1 aromatic rings. The van der Waals surface area contributed by atoms with Crippen LogP contribution in [0.3, 0.4) is 0 Å². The third kappa shape index (κ3) is 5.57. The van der Waals surface area contributed by atoms with Crippen LogP contribution >= 0.6 is 11.3 Å². The lowest BCUT2D eigenvalue weighted by atomic mass is 9.89. The fourth-order valence-corrected chi connectivity index (χ4v) is 3.09. The first-order valence-corrected chi connectivity index (χ1v) is 7.99. The zero-order valence-electron chi connectivity index (χ0n) is 11.5. The zero-order chi connectivity index (χ0) is 13.5. The number of hydrogen-bond acceptors (Lipinski definition) is 5. The summed E-state index contributed by atoms with van der Waals surface area (Å²) in [6, 6.07) is 0. The Balaban J connectivity index is 1.55. The first-order chi connectivity index (χ1) is 9.24. The number of rotatable bonds is 7. The molecule has 0 amide bonds. The molecular formula is C14H24N2O2S. The van der Waals surface area contributed by atoms with E-state index in [4.69, 9.17) is 4.74 Å². The van der Waals surface area contributed by atoms with Crippen LogP contribution in [-0.2, 0) is 11.3 Å². The van der Waals surface area contributed by atoms with E-state index < -0.39 is 6.10 Å². The van der Waals surface area contributed by atoms with Gasteiger partial charge in [-0.2, -0.15) is 0 Å². The van der Waals surface area contributed by atoms with Crippen LogP contribution < -0.4 is 5.32 Å². The average molecular weight is 284 g/mol. The zero-order valence-corrected chi connectivity index (χ0v) is 12.4. The van der Waals surface area contributed by atoms with Crippen LogP contribution in [0.15, 0.2) is 11.7 Å². The van der Waals surface area contributed by atoms with Crippen LogP contribution in [0.25, 0.3) is 0 Å². The van der Waals surface area contributed by atoms with Crippen LogP contribution in [0, 0.1) is 5.92 Å². The lowest BCUT2D eigenvalue weighted by Gasteiger charge is -2.27. The molecule has 0 aliphatic heterocycles. The molecule has 3 atom stereocenters. The van der Waals surface area contributed by atoms with Gasteiger partial charge in [0.25, 0.3) is 0 Å². The summed E-state index contributed by atoms with van der Waals surface area (Å²) in [7, 11) is 0. The van der Waals surface area contributed by atoms with Gasteiger partial charge in [-0.05, 0) is 18.8 Å². The molecule has 2 rings (SSSR count). The molecule has 2 N–H and O–H groups in total. The molecule has 5 heteroatoms. The van der Waals surface area contributed by atoms with Crippen molar-refractivity contribution in [2.75, 3.05) is 13.2 Å². The van der Waals surface area contributed by atoms with E-state index in [0.717, 1.165) is 25.3 Å². The molecule has 1 saturated carbocycles. The van der Waals surface area contributed by atoms with Crippen molar-refractivity contribution in [1.29, 1.82) is 0 Å². The summed E-state index contributed by atoms with van der Waals surface area (Å²) in [5, 5.41) is 13.1. The molecule has 1 aliphatic carbocycles. The number of hydrogen-bond donors (Lipinski definition) is 2. The van der Waals surface area contributed by atoms with Crippen LogP contribution in [0.4, 0.5) is 0 Å². The van der Waals surface area contributed by atoms with Gasteiger partial charge in [0.05, 0.1) is 24.3 Å². The number of aliphatic hydroxyl groups is 1. The van der Waals surface area contributed by atoms with Crippen molar-refractivity contribution < 1.29 is 9.84 Å². The van der Waals surface area contributed by atoms with Crippen LogP contribution in [0.5, 0.6) is 0 Å². The highest BCUT2D eigenvalue weighted by atomic mass is 32.1. The van der Waals surface area contributed by atoms with Crippen molar-refractivity contribution in [3.63, 3.8) is 0 Å². The monoisotopic (exact) mass is 284 g/mol. The van der Waals surface area contributed by atoms with E-state index >= 15 is 0 Å². The normalized spacial score (nSPS) is 25.4. The van der Waals surface area contributed by atoms with Gasteiger partial charge in [-0.1, -0.05) is 19.8 Å². The second-order valence-corrected chi connectivity index (χ2v) is 6.45. The minimum atomic E-state index is -0.426. The standard InChI is InChI=1S/C14H24N2O2S/c1-11-3-2-4-13(5-11)18-9-12(17)6-15-7-14-8-16-10-19-14/h8,10-13,15,17H,2-7,9H2,1H3. The molecule has 19 heavy (non-hydrogen) atoms. The number of nitrogens with zero attached hydrogens (tertiary/aromatic N) is 1. The lowest BCUT2D eigenvalue weighted by molar-refractivity contribution is -0.0306. The van der Waals surface area contributed by atoms with E-state index in [1.165, 1.54) is 17.7 Å². The summed E-state index contributed by atoms with van der Waals surface area (Å²) in [5.41, 5.74) is 1.82. The van der Waals surface area contributed by atoms with Crippen molar-refractivity contribution in [2.45, 2.75) is 51.4 Å². The van der Waals surface area contributed by atoms with Gasteiger partial charge < -0.3 is 15.2 Å². The predicted octanol–water partition coefficient (Wildman–Crippen LogP) is 2.19. The number of ether oxygens (including phenoxy) is 1. The molecule has 1 aromatic heterocycles. The molecule has 0 radical (unpaired) electrons. The summed E-state index contributed by atoms with van der Waals surface area (Å²) in [6.45, 7) is 4.05. The van der Waals surface area contributed by atoms with Crippen LogP contribution in [0.1, 0.15) is 37.5 Å². The molecular weight excluding hydrogens is 260 g/mol. The smallest absolute Gasteiger partial charge is 0.0897 e. The van der Waals surface area contributed by atoms with Crippen molar-refractivity contribution in [3.8, 4) is 0 Å². The Kier molecular flexibility index (Phi) is 6.23. The van der Waals surface area contributed by atoms with Crippen molar-refractivity contribution in [3.05, 3.63) is 16.6 Å². The van der Waals surface area contributed by atoms with Crippen molar-refractivity contribution >= 4 is 11.3 Å². The molecule has 1 aliphatic rings. The summed E-state index contributed by atoms with van der Waals surface area (Å²) >= 11 is 1.62. The van der Waals surface area contributed by atoms with E-state index in [-0.39, 0.29) is 0 Å². The lowest BCUT2D eigenvalue weighted by Crippen LogP contribution is -2.32. The quantitative estimate of drug-likeness (QED) is 0.806. The maximum absolute atomic E-state index is 9.87. The van der Waals surface area contributed by atoms with Gasteiger partial charge in [-0.15, -0.1) is 11.3 Å². The Bertz CT molecular complexity index is 345. The summed E-state index contributed by atoms with van der Waals surface area (Å²) in [6.07, 6.45) is 6.63. The van der Waals surface area contributed by atoms with Gasteiger partial charge in [0.1, 0.15) is 0 Å². The Labute approximate surface area is 119 Å². The van der Waals surface area contributed by atoms with E-state index in [1.807, 2.05) is 11.7 Å². The first kappa shape index (κ1) is 14.9. The molecule has 1 heterocycles. The highest BCUT2D eigenvalue weighted by Crippen LogP contribution is 2.25. The fraction of sp³-hybridized carbons (Fsp3) is 0.786. The molecule has 0 aromatic carbocycles. The number of nitrogens with one attached hydrogen (secondary N) is 1. The SMILES string of the molecule is CC1CCCC(OCC(O)CNCc2cncs2)C1. The average Bonchev–Trinajstić information content (AvgIpc) is 2.90. The number of aromatic nitrogens is 1. The van der Waals surface area contributed by atoms with Gasteiger partial charge in [0.15, 0.2) is 0 Å². The topological polar surface area (TPSA) is 54.4 Å². The van der Waals surface area contributed by atoms with E-state index in [9.17, 15) is 5.11 Å². The molecule has 3 unspecified atom stereocenters. The van der Waals surface area contributed by atoms with E-state index in [0.29, 0.717) is 19.3 Å². The van der Waals surface area contributed by atoms with Crippen molar-refractivity contribution in [2.24, 2.45) is 5.92 Å². The number of aliphatic hydroxyl groups excluding tert-OH is 1. The van der Waals surface area contributed by atoms with E-state index in [2.05, 4.69) is 17.2 Å². The molecule has 1 fully saturated rings. The molecule has 0 bridgehead atoms. The summed E-state index contributed by atoms with van der Waals surface area (Å²) in [5.74, 6) is 0.764. The third-order valence-electron chi connectivity index (χ3n) is 3.58. The Hall–Kier alpha value is -0.490. The molecule has 4 nitrogen and oxygen atoms in total. The van der Waals surface area contributed by atoms with Gasteiger partial charge >= 0.3 is 0 Å². The maximum Gasteiger partial charge on any atom is 0.0897 e. The van der Waals surface area contributed by atoms with Crippen molar-refractivity contribution in [1.82, 2.24) is 10.3 Å². The van der Waals surface area contributed by atoms with Crippen LogP contribution in [0.2, 0.25) is 0 Å². The molecule has 108 valence electrons. The number of thiazole rings is 1. The van der Waals surface area contributed by atoms with Crippen LogP contribution in [-0.4, -0.2) is 35.5 Å². The highest BCUT2D eigenvalue weighted by Gasteiger charge is 2.20. The second kappa shape index (κ2) is 7.94. The largest absolute Gasteiger partial charge is 0.389 e. The molecule has 0 spiro atoms. The second-order valence-electron chi connectivity index (χ2n) is 5.48. The Morgan fingerprint density at radius 2 is 2.47 bits per heavy atom. The minimum absolute atomic E-state index is 0.347. The molecule has 0 saturated heterocycles. The first-order valence-electron chi connectivity index (χ1n) is 7.11. The van der Waals surface area contributed by atoms with Gasteiger partial charge in [-0.25, -0.2) is 0 Å². The highest BCUT2D eigenvalue weighted by molar-refractivity contribution is 7.09. The Morgan fingerprint density at radius 3 is 3.21 bits per heavy atom. The Morgan fingerprint density at radius 1 is 1.58 bits per heavy atom. The van der Waals surface area contributed by atoms with Gasteiger partial charge in [0.2, 0.25) is 0 Å².